The number of hydrogen-bond acceptors (Lipinski definition) is 7. The van der Waals surface area contributed by atoms with Crippen LogP contribution >= 0.6 is 0 Å². The molecule has 0 aliphatic carbocycles. The quantitative estimate of drug-likeness (QED) is 0.208. The summed E-state index contributed by atoms with van der Waals surface area (Å²) in [5.74, 6) is 0.171. The molecule has 2 amide bonds. The van der Waals surface area contributed by atoms with Crippen molar-refractivity contribution in [2.24, 2.45) is 5.41 Å². The van der Waals surface area contributed by atoms with Crippen molar-refractivity contribution in [1.82, 2.24) is 14.9 Å². The summed E-state index contributed by atoms with van der Waals surface area (Å²) < 4.78 is 13.1. The van der Waals surface area contributed by atoms with Crippen LogP contribution in [0.4, 0.5) is 11.4 Å². The van der Waals surface area contributed by atoms with Crippen molar-refractivity contribution >= 4 is 34.2 Å². The maximum absolute atomic E-state index is 13.1. The van der Waals surface area contributed by atoms with Crippen molar-refractivity contribution in [2.75, 3.05) is 36.5 Å². The molecule has 10 nitrogen and oxygen atoms in total. The highest BCUT2D eigenvalue weighted by Gasteiger charge is 2.45. The van der Waals surface area contributed by atoms with Crippen molar-refractivity contribution in [3.8, 4) is 5.75 Å². The maximum atomic E-state index is 13.1. The van der Waals surface area contributed by atoms with Crippen LogP contribution in [0, 0.1) is 5.41 Å². The van der Waals surface area contributed by atoms with Gasteiger partial charge in [-0.25, -0.2) is 0 Å². The minimum Gasteiger partial charge on any atom is -0.493 e. The lowest BCUT2D eigenvalue weighted by molar-refractivity contribution is -0.137. The lowest BCUT2D eigenvalue weighted by atomic mass is 9.90. The van der Waals surface area contributed by atoms with Crippen LogP contribution in [-0.2, 0) is 16.1 Å². The summed E-state index contributed by atoms with van der Waals surface area (Å²) >= 11 is 0. The molecule has 1 atom stereocenters. The van der Waals surface area contributed by atoms with Crippen molar-refractivity contribution in [1.29, 1.82) is 0 Å². The molecular formula is C32H37N5O5. The fourth-order valence-electron chi connectivity index (χ4n) is 5.43. The number of aromatic nitrogens is 2. The van der Waals surface area contributed by atoms with Crippen molar-refractivity contribution in [3.05, 3.63) is 83.2 Å². The van der Waals surface area contributed by atoms with Gasteiger partial charge in [-0.3, -0.25) is 19.4 Å². The van der Waals surface area contributed by atoms with E-state index in [0.29, 0.717) is 55.4 Å². The zero-order valence-electron chi connectivity index (χ0n) is 24.5. The molecule has 4 aromatic rings. The van der Waals surface area contributed by atoms with Crippen molar-refractivity contribution < 1.29 is 18.7 Å². The summed E-state index contributed by atoms with van der Waals surface area (Å²) in [6, 6.07) is 13.2. The van der Waals surface area contributed by atoms with Crippen LogP contribution in [0.15, 0.2) is 76.5 Å². The Morgan fingerprint density at radius 3 is 2.57 bits per heavy atom. The van der Waals surface area contributed by atoms with Crippen LogP contribution in [0.5, 0.6) is 5.75 Å². The molecule has 0 spiro atoms. The normalized spacial score (nSPS) is 15.5. The van der Waals surface area contributed by atoms with E-state index in [1.54, 1.807) is 59.9 Å². The van der Waals surface area contributed by atoms with E-state index in [2.05, 4.69) is 10.3 Å². The van der Waals surface area contributed by atoms with Crippen molar-refractivity contribution in [2.45, 2.75) is 46.2 Å². The van der Waals surface area contributed by atoms with Crippen LogP contribution in [0.3, 0.4) is 0 Å². The highest BCUT2D eigenvalue weighted by atomic mass is 16.5. The Hall–Kier alpha value is -4.44. The van der Waals surface area contributed by atoms with Gasteiger partial charge in [-0.05, 0) is 82.1 Å². The number of hydrogen-bond donors (Lipinski definition) is 1. The van der Waals surface area contributed by atoms with Gasteiger partial charge in [-0.2, -0.15) is 0 Å². The minimum atomic E-state index is -1.15. The van der Waals surface area contributed by atoms with Gasteiger partial charge in [0.15, 0.2) is 5.58 Å². The first-order chi connectivity index (χ1) is 20.2. The number of benzene rings is 1. The van der Waals surface area contributed by atoms with Gasteiger partial charge in [-0.1, -0.05) is 0 Å². The highest BCUT2D eigenvalue weighted by molar-refractivity contribution is 6.20. The van der Waals surface area contributed by atoms with Gasteiger partial charge in [0.25, 0.3) is 5.56 Å². The van der Waals surface area contributed by atoms with Gasteiger partial charge in [-0.15, -0.1) is 0 Å². The number of rotatable bonds is 11. The second-order valence-corrected chi connectivity index (χ2v) is 11.0. The number of ether oxygens (including phenoxy) is 1. The molecule has 0 saturated heterocycles. The number of carbonyl (C=O) groups is 2. The van der Waals surface area contributed by atoms with E-state index in [1.165, 1.54) is 6.26 Å². The third-order valence-electron chi connectivity index (χ3n) is 7.87. The molecule has 1 aliphatic heterocycles. The number of fused-ring (bicyclic) bond motifs is 2. The predicted octanol–water partition coefficient (Wildman–Crippen LogP) is 4.54. The molecule has 0 bridgehead atoms. The van der Waals surface area contributed by atoms with Gasteiger partial charge in [0.05, 0.1) is 24.2 Å². The smallest absolute Gasteiger partial charge is 0.294 e. The van der Waals surface area contributed by atoms with Gasteiger partial charge < -0.3 is 28.8 Å². The third kappa shape index (κ3) is 5.67. The van der Waals surface area contributed by atoms with Gasteiger partial charge >= 0.3 is 0 Å². The van der Waals surface area contributed by atoms with Gasteiger partial charge in [0.1, 0.15) is 11.2 Å². The van der Waals surface area contributed by atoms with Crippen LogP contribution in [-0.4, -0.2) is 48.1 Å². The third-order valence-corrected chi connectivity index (χ3v) is 7.87. The Morgan fingerprint density at radius 2 is 1.81 bits per heavy atom. The van der Waals surface area contributed by atoms with Gasteiger partial charge in [0, 0.05) is 56.2 Å². The molecule has 1 aliphatic rings. The zero-order chi connectivity index (χ0) is 29.9. The Morgan fingerprint density at radius 1 is 1.02 bits per heavy atom. The average Bonchev–Trinajstić information content (AvgIpc) is 3.48. The molecule has 220 valence electrons. The predicted molar refractivity (Wildman–Crippen MR) is 162 cm³/mol. The second kappa shape index (κ2) is 12.2. The molecule has 5 rings (SSSR count). The molecule has 4 heterocycles. The lowest BCUT2D eigenvalue weighted by Gasteiger charge is -2.27. The Bertz CT molecular complexity index is 1630. The molecule has 1 unspecified atom stereocenters. The van der Waals surface area contributed by atoms with Gasteiger partial charge in [0.2, 0.25) is 11.8 Å². The number of aryl methyl sites for hydroxylation is 1. The number of anilines is 2. The summed E-state index contributed by atoms with van der Waals surface area (Å²) in [7, 11) is 1.70. The number of carbonyl (C=O) groups excluding carboxylic acids is 2. The number of nitrogens with one attached hydrogen (secondary N) is 1. The zero-order valence-corrected chi connectivity index (χ0v) is 24.5. The highest BCUT2D eigenvalue weighted by Crippen LogP contribution is 2.40. The van der Waals surface area contributed by atoms with E-state index in [-0.39, 0.29) is 23.4 Å². The summed E-state index contributed by atoms with van der Waals surface area (Å²) in [5.41, 5.74) is 1.52. The maximum Gasteiger partial charge on any atom is 0.294 e. The summed E-state index contributed by atoms with van der Waals surface area (Å²) in [5, 5.41) is 4.40. The van der Waals surface area contributed by atoms with Crippen LogP contribution in [0.2, 0.25) is 0 Å². The fraction of sp³-hybridized carbons (Fsp3) is 0.375. The monoisotopic (exact) mass is 571 g/mol. The Labute approximate surface area is 244 Å². The molecule has 0 radical (unpaired) electrons. The first kappa shape index (κ1) is 29.1. The first-order valence-corrected chi connectivity index (χ1v) is 14.3. The van der Waals surface area contributed by atoms with Crippen molar-refractivity contribution in [3.63, 3.8) is 0 Å². The largest absolute Gasteiger partial charge is 0.493 e. The summed E-state index contributed by atoms with van der Waals surface area (Å²) in [4.78, 5) is 46.3. The first-order valence-electron chi connectivity index (χ1n) is 14.3. The SMILES string of the molecule is CCN1C(=O)C(C)(C)C(=O)N(C)c2cc(OCCCNC(CCn3ccc4ccoc4c3=O)c3ccncc3)ccc21. The average molecular weight is 572 g/mol. The van der Waals surface area contributed by atoms with E-state index in [0.717, 1.165) is 17.4 Å². The topological polar surface area (TPSA) is 110 Å². The van der Waals surface area contributed by atoms with E-state index >= 15 is 0 Å². The van der Waals surface area contributed by atoms with E-state index in [4.69, 9.17) is 9.15 Å². The number of amides is 2. The van der Waals surface area contributed by atoms with Crippen LogP contribution in [0.1, 0.15) is 45.2 Å². The Kier molecular flexibility index (Phi) is 8.44. The minimum absolute atomic E-state index is 0.0141. The molecule has 1 N–H and O–H groups in total. The molecule has 42 heavy (non-hydrogen) atoms. The molecule has 3 aromatic heterocycles. The molecular weight excluding hydrogens is 534 g/mol. The lowest BCUT2D eigenvalue weighted by Crippen LogP contribution is -2.47. The van der Waals surface area contributed by atoms with E-state index < -0.39 is 5.41 Å². The Balaban J connectivity index is 1.21. The summed E-state index contributed by atoms with van der Waals surface area (Å²) in [6.45, 7) is 7.39. The van der Waals surface area contributed by atoms with Crippen LogP contribution < -0.4 is 25.4 Å². The van der Waals surface area contributed by atoms with E-state index in [1.807, 2.05) is 43.3 Å². The molecule has 1 aromatic carbocycles. The summed E-state index contributed by atoms with van der Waals surface area (Å²) in [6.07, 6.45) is 8.30. The number of furan rings is 1. The molecule has 10 heteroatoms. The van der Waals surface area contributed by atoms with E-state index in [9.17, 15) is 14.4 Å². The fourth-order valence-corrected chi connectivity index (χ4v) is 5.43. The second-order valence-electron chi connectivity index (χ2n) is 11.0. The molecule has 0 fully saturated rings. The van der Waals surface area contributed by atoms with Crippen LogP contribution in [0.25, 0.3) is 11.0 Å². The molecule has 0 saturated carbocycles. The number of pyridine rings is 2. The number of nitrogens with zero attached hydrogens (tertiary/aromatic N) is 4. The standard InChI is InChI=1S/C32H37N5O5/c1-5-37-26-8-7-24(21-27(26)35(4)30(39)32(2,3)31(37)40)41-19-6-14-34-25(22-9-15-33-16-10-22)12-18-36-17-11-23-13-20-42-28(23)29(36)38/h7-11,13,15-17,20-21,25,34H,5-6,12,14,18-19H2,1-4H3.